The van der Waals surface area contributed by atoms with E-state index in [2.05, 4.69) is 4.93 Å². The van der Waals surface area contributed by atoms with Crippen LogP contribution in [0.4, 0.5) is 0 Å². The summed E-state index contributed by atoms with van der Waals surface area (Å²) in [6, 6.07) is 0. The molecular weight excluding hydrogens is 435 g/mol. The minimum absolute atomic E-state index is 0.0370. The second-order valence-corrected chi connectivity index (χ2v) is 7.23. The predicted molar refractivity (Wildman–Crippen MR) is 78.9 cm³/mol. The van der Waals surface area contributed by atoms with Crippen LogP contribution < -0.4 is 21.2 Å². The molecule has 2 atom stereocenters. The SMILES string of the molecule is C[I-]CC(C)OC(=O)CCC(=O)OCC(C)OC(=O)/C=C\C(=O)O. The van der Waals surface area contributed by atoms with Crippen LogP contribution in [-0.4, -0.2) is 57.2 Å². The Balaban J connectivity index is 3.94. The first-order valence-electron chi connectivity index (χ1n) is 7.15. The Morgan fingerprint density at radius 2 is 1.62 bits per heavy atom. The topological polar surface area (TPSA) is 116 Å². The second kappa shape index (κ2) is 12.7. The van der Waals surface area contributed by atoms with Crippen molar-refractivity contribution in [2.45, 2.75) is 38.9 Å². The van der Waals surface area contributed by atoms with E-state index in [4.69, 9.17) is 19.3 Å². The smallest absolute Gasteiger partial charge is 0.478 e. The molecule has 0 saturated heterocycles. The van der Waals surface area contributed by atoms with Crippen molar-refractivity contribution in [2.75, 3.05) is 16.0 Å². The molecule has 1 N–H and O–H groups in total. The molecule has 0 aromatic rings. The number of alkyl halides is 2. The standard InChI is InChI=1S/C15H22IO8/c1-10(8-16-3)23-15(21)7-6-13(19)22-9-11(2)24-14(20)5-4-12(17)18/h4-5,10-11H,6-9H2,1-3H3,(H,17,18)/q-1/b5-4-. The summed E-state index contributed by atoms with van der Waals surface area (Å²) in [5.41, 5.74) is 0. The van der Waals surface area contributed by atoms with Gasteiger partial charge < -0.3 is 5.11 Å². The Hall–Kier alpha value is -1.65. The molecule has 0 saturated carbocycles. The van der Waals surface area contributed by atoms with E-state index in [1.165, 1.54) is 6.92 Å². The summed E-state index contributed by atoms with van der Waals surface area (Å²) < 4.78 is 15.7. The number of esters is 3. The van der Waals surface area contributed by atoms with E-state index in [1.807, 2.05) is 6.92 Å². The van der Waals surface area contributed by atoms with Crippen LogP contribution in [0, 0.1) is 0 Å². The number of carbonyl (C=O) groups excluding carboxylic acids is 3. The van der Waals surface area contributed by atoms with E-state index in [0.29, 0.717) is 6.08 Å². The van der Waals surface area contributed by atoms with Gasteiger partial charge in [0.1, 0.15) is 0 Å². The molecule has 24 heavy (non-hydrogen) atoms. The van der Waals surface area contributed by atoms with Gasteiger partial charge in [-0.2, -0.15) is 0 Å². The minimum Gasteiger partial charge on any atom is -0.478 e. The summed E-state index contributed by atoms with van der Waals surface area (Å²) in [5.74, 6) is -3.17. The molecule has 0 amide bonds. The van der Waals surface area contributed by atoms with Gasteiger partial charge in [0.05, 0.1) is 0 Å². The molecule has 0 bridgehead atoms. The third-order valence-corrected chi connectivity index (χ3v) is 4.52. The van der Waals surface area contributed by atoms with Crippen LogP contribution in [0.25, 0.3) is 0 Å². The van der Waals surface area contributed by atoms with Gasteiger partial charge in [-0.25, -0.2) is 9.59 Å². The Labute approximate surface area is 150 Å². The fourth-order valence-corrected chi connectivity index (χ4v) is 2.85. The molecule has 0 aromatic heterocycles. The Bertz CT molecular complexity index is 474. The number of halogens is 1. The number of aliphatic carboxylic acids is 1. The number of carbonyl (C=O) groups is 4. The van der Waals surface area contributed by atoms with Gasteiger partial charge in [-0.3, -0.25) is 0 Å². The molecule has 0 spiro atoms. The molecule has 0 fully saturated rings. The van der Waals surface area contributed by atoms with E-state index >= 15 is 0 Å². The van der Waals surface area contributed by atoms with Crippen LogP contribution in [-0.2, 0) is 33.4 Å². The number of hydrogen-bond acceptors (Lipinski definition) is 7. The van der Waals surface area contributed by atoms with Gasteiger partial charge in [0, 0.05) is 12.2 Å². The molecule has 8 nitrogen and oxygen atoms in total. The average Bonchev–Trinajstić information content (AvgIpc) is 2.49. The molecule has 2 unspecified atom stereocenters. The molecule has 9 heteroatoms. The summed E-state index contributed by atoms with van der Waals surface area (Å²) in [5, 5.41) is 8.36. The van der Waals surface area contributed by atoms with Crippen molar-refractivity contribution >= 4 is 23.9 Å². The van der Waals surface area contributed by atoms with E-state index in [0.717, 1.165) is 10.5 Å². The number of ether oxygens (including phenoxy) is 3. The zero-order chi connectivity index (χ0) is 18.5. The van der Waals surface area contributed by atoms with Crippen molar-refractivity contribution < 1.29 is 59.7 Å². The van der Waals surface area contributed by atoms with Crippen molar-refractivity contribution in [2.24, 2.45) is 0 Å². The molecule has 0 aliphatic carbocycles. The third-order valence-electron chi connectivity index (χ3n) is 2.40. The molecule has 0 radical (unpaired) electrons. The van der Waals surface area contributed by atoms with Gasteiger partial charge in [-0.15, -0.1) is 0 Å². The summed E-state index contributed by atoms with van der Waals surface area (Å²) in [6.07, 6.45) is 0.349. The molecular formula is C15H22IO8-. The fourth-order valence-electron chi connectivity index (χ4n) is 1.43. The van der Waals surface area contributed by atoms with Crippen molar-refractivity contribution in [1.29, 1.82) is 0 Å². The predicted octanol–water partition coefficient (Wildman–Crippen LogP) is -2.47. The van der Waals surface area contributed by atoms with E-state index in [1.54, 1.807) is 0 Å². The van der Waals surface area contributed by atoms with Gasteiger partial charge in [-0.1, -0.05) is 0 Å². The van der Waals surface area contributed by atoms with Crippen molar-refractivity contribution in [3.05, 3.63) is 12.2 Å². The van der Waals surface area contributed by atoms with E-state index in [9.17, 15) is 19.2 Å². The summed E-state index contributed by atoms with van der Waals surface area (Å²) in [4.78, 5) is 46.5. The van der Waals surface area contributed by atoms with E-state index in [-0.39, 0.29) is 46.8 Å². The minimum atomic E-state index is -1.27. The van der Waals surface area contributed by atoms with Crippen molar-refractivity contribution in [3.8, 4) is 0 Å². The van der Waals surface area contributed by atoms with Crippen molar-refractivity contribution in [1.82, 2.24) is 0 Å². The quantitative estimate of drug-likeness (QED) is 0.119. The molecule has 138 valence electrons. The first kappa shape index (κ1) is 22.4. The fraction of sp³-hybridized carbons (Fsp3) is 0.600. The molecule has 0 rings (SSSR count). The number of carboxylic acid groups (broad SMARTS) is 1. The van der Waals surface area contributed by atoms with Crippen LogP contribution in [0.2, 0.25) is 0 Å². The van der Waals surface area contributed by atoms with Gasteiger partial charge in [0.25, 0.3) is 0 Å². The van der Waals surface area contributed by atoms with Gasteiger partial charge >= 0.3 is 124 Å². The molecule has 0 aliphatic heterocycles. The first-order valence-corrected chi connectivity index (χ1v) is 10.8. The molecule has 0 aromatic carbocycles. The second-order valence-electron chi connectivity index (χ2n) is 4.82. The number of carboxylic acids is 1. The van der Waals surface area contributed by atoms with Gasteiger partial charge in [-0.05, 0) is 0 Å². The summed E-state index contributed by atoms with van der Waals surface area (Å²) in [7, 11) is 0. The monoisotopic (exact) mass is 457 g/mol. The zero-order valence-corrected chi connectivity index (χ0v) is 16.0. The third kappa shape index (κ3) is 12.9. The van der Waals surface area contributed by atoms with Crippen molar-refractivity contribution in [3.63, 3.8) is 0 Å². The van der Waals surface area contributed by atoms with Crippen LogP contribution >= 0.6 is 0 Å². The summed E-state index contributed by atoms with van der Waals surface area (Å²) in [6.45, 7) is 3.12. The molecule has 0 aliphatic rings. The Kier molecular flexibility index (Phi) is 11.9. The van der Waals surface area contributed by atoms with Crippen LogP contribution in [0.1, 0.15) is 26.7 Å². The maximum atomic E-state index is 11.5. The normalized spacial score (nSPS) is 13.3. The summed E-state index contributed by atoms with van der Waals surface area (Å²) >= 11 is 0.0370. The van der Waals surface area contributed by atoms with Crippen LogP contribution in [0.5, 0.6) is 0 Å². The average molecular weight is 457 g/mol. The van der Waals surface area contributed by atoms with Crippen LogP contribution in [0.15, 0.2) is 12.2 Å². The zero-order valence-electron chi connectivity index (χ0n) is 13.8. The Morgan fingerprint density at radius 3 is 2.21 bits per heavy atom. The van der Waals surface area contributed by atoms with Gasteiger partial charge in [0.2, 0.25) is 0 Å². The molecule has 0 heterocycles. The first-order chi connectivity index (χ1) is 11.2. The number of rotatable bonds is 11. The number of hydrogen-bond donors (Lipinski definition) is 1. The maximum absolute atomic E-state index is 11.5. The van der Waals surface area contributed by atoms with Crippen LogP contribution in [0.3, 0.4) is 0 Å². The van der Waals surface area contributed by atoms with E-state index < -0.39 is 30.0 Å². The van der Waals surface area contributed by atoms with Gasteiger partial charge in [0.15, 0.2) is 0 Å². The Morgan fingerprint density at radius 1 is 1.00 bits per heavy atom.